The molecule has 8 nitrogen and oxygen atoms in total. The maximum Gasteiger partial charge on any atom is 0.409 e. The Labute approximate surface area is 262 Å². The Morgan fingerprint density at radius 3 is 2.64 bits per heavy atom. The van der Waals surface area contributed by atoms with Gasteiger partial charge in [0.25, 0.3) is 5.91 Å². The second kappa shape index (κ2) is 11.6. The molecule has 12 heteroatoms. The molecule has 0 bridgehead atoms. The zero-order valence-electron chi connectivity index (χ0n) is 23.9. The van der Waals surface area contributed by atoms with E-state index >= 15 is 8.78 Å². The number of thiazole rings is 1. The molecule has 3 aliphatic rings. The molecule has 1 saturated carbocycles. The molecule has 2 atom stereocenters. The van der Waals surface area contributed by atoms with Gasteiger partial charge in [-0.3, -0.25) is 20.0 Å². The van der Waals surface area contributed by atoms with E-state index in [9.17, 15) is 9.59 Å². The van der Waals surface area contributed by atoms with Gasteiger partial charge in [0.2, 0.25) is 5.96 Å². The van der Waals surface area contributed by atoms with Gasteiger partial charge in [0.05, 0.1) is 16.8 Å². The van der Waals surface area contributed by atoms with Crippen molar-refractivity contribution >= 4 is 40.9 Å². The third kappa shape index (κ3) is 5.30. The lowest BCUT2D eigenvalue weighted by atomic mass is 9.95. The first kappa shape index (κ1) is 29.7. The molecular weight excluding hydrogens is 608 g/mol. The highest BCUT2D eigenvalue weighted by Crippen LogP contribution is 2.47. The Balaban J connectivity index is 1.40. The number of aromatic nitrogens is 1. The summed E-state index contributed by atoms with van der Waals surface area (Å²) in [6.07, 6.45) is 1.45. The SMILES string of the molecule is C=C1C(C2CC2)=C(F)C=C(F)N2C(=N)N([C@H](COC(=O)N(C)C)c3ccc(Cl)c(-c4nc(-c5ccccc5)cs4)c3)C(=O)[C@@H]12. The van der Waals surface area contributed by atoms with Crippen molar-refractivity contribution in [2.45, 2.75) is 24.9 Å². The van der Waals surface area contributed by atoms with Crippen LogP contribution in [0.15, 0.2) is 89.5 Å². The molecule has 6 rings (SSSR count). The predicted molar refractivity (Wildman–Crippen MR) is 165 cm³/mol. The highest BCUT2D eigenvalue weighted by Gasteiger charge is 2.52. The first-order valence-electron chi connectivity index (χ1n) is 13.9. The molecule has 0 unspecified atom stereocenters. The summed E-state index contributed by atoms with van der Waals surface area (Å²) in [6.45, 7) is 3.64. The van der Waals surface area contributed by atoms with Gasteiger partial charge in [-0.25, -0.2) is 14.2 Å². The van der Waals surface area contributed by atoms with E-state index in [2.05, 4.69) is 6.58 Å². The number of hydrogen-bond acceptors (Lipinski definition) is 6. The fourth-order valence-electron chi connectivity index (χ4n) is 5.45. The monoisotopic (exact) mass is 635 g/mol. The molecular formula is C32H28ClF2N5O3S. The van der Waals surface area contributed by atoms with Gasteiger partial charge < -0.3 is 9.64 Å². The van der Waals surface area contributed by atoms with E-state index in [1.54, 1.807) is 18.2 Å². The van der Waals surface area contributed by atoms with Crippen molar-refractivity contribution in [2.75, 3.05) is 20.7 Å². The van der Waals surface area contributed by atoms with Crippen LogP contribution in [-0.2, 0) is 9.53 Å². The molecule has 0 radical (unpaired) electrons. The Morgan fingerprint density at radius 2 is 1.95 bits per heavy atom. The number of halogens is 3. The summed E-state index contributed by atoms with van der Waals surface area (Å²) in [5.74, 6) is -3.23. The summed E-state index contributed by atoms with van der Waals surface area (Å²) in [4.78, 5) is 34.5. The summed E-state index contributed by atoms with van der Waals surface area (Å²) in [5, 5.41) is 11.9. The van der Waals surface area contributed by atoms with Gasteiger partial charge in [0.15, 0.2) is 5.95 Å². The molecule has 1 aromatic heterocycles. The number of nitrogens with one attached hydrogen (secondary N) is 1. The summed E-state index contributed by atoms with van der Waals surface area (Å²) in [7, 11) is 3.03. The lowest BCUT2D eigenvalue weighted by Crippen LogP contribution is -2.39. The Morgan fingerprint density at radius 1 is 1.23 bits per heavy atom. The molecule has 1 N–H and O–H groups in total. The third-order valence-electron chi connectivity index (χ3n) is 7.80. The van der Waals surface area contributed by atoms with Crippen molar-refractivity contribution in [1.82, 2.24) is 19.7 Å². The fraction of sp³-hybridized carbons (Fsp3) is 0.250. The normalized spacial score (nSPS) is 19.2. The summed E-state index contributed by atoms with van der Waals surface area (Å²) in [5.41, 5.74) is 3.07. The van der Waals surface area contributed by atoms with Crippen molar-refractivity contribution in [3.05, 3.63) is 100 Å². The molecule has 44 heavy (non-hydrogen) atoms. The predicted octanol–water partition coefficient (Wildman–Crippen LogP) is 7.33. The number of allylic oxidation sites excluding steroid dienone is 2. The highest BCUT2D eigenvalue weighted by molar-refractivity contribution is 7.13. The summed E-state index contributed by atoms with van der Waals surface area (Å²) < 4.78 is 36.0. The topological polar surface area (TPSA) is 89.8 Å². The second-order valence-corrected chi connectivity index (χ2v) is 12.2. The van der Waals surface area contributed by atoms with Gasteiger partial charge in [0.1, 0.15) is 23.5 Å². The van der Waals surface area contributed by atoms with Gasteiger partial charge in [-0.15, -0.1) is 11.3 Å². The van der Waals surface area contributed by atoms with Crippen LogP contribution in [0.4, 0.5) is 13.6 Å². The van der Waals surface area contributed by atoms with Gasteiger partial charge >= 0.3 is 6.09 Å². The Kier molecular flexibility index (Phi) is 7.85. The average Bonchev–Trinajstić information content (AvgIpc) is 3.65. The third-order valence-corrected chi connectivity index (χ3v) is 9.01. The maximum absolute atomic E-state index is 15.5. The number of hydrogen-bond donors (Lipinski definition) is 1. The minimum absolute atomic E-state index is 0.114. The minimum atomic E-state index is -1.35. The van der Waals surface area contributed by atoms with Crippen LogP contribution in [-0.4, -0.2) is 64.4 Å². The summed E-state index contributed by atoms with van der Waals surface area (Å²) >= 11 is 8.02. The van der Waals surface area contributed by atoms with Crippen molar-refractivity contribution in [3.8, 4) is 21.8 Å². The van der Waals surface area contributed by atoms with E-state index in [1.807, 2.05) is 35.7 Å². The van der Waals surface area contributed by atoms with Crippen LogP contribution < -0.4 is 0 Å². The number of rotatable bonds is 7. The van der Waals surface area contributed by atoms with Crippen molar-refractivity contribution in [2.24, 2.45) is 5.92 Å². The van der Waals surface area contributed by atoms with Crippen molar-refractivity contribution in [1.29, 1.82) is 5.41 Å². The molecule has 226 valence electrons. The number of fused-ring (bicyclic) bond motifs is 1. The van der Waals surface area contributed by atoms with Gasteiger partial charge in [0, 0.05) is 36.7 Å². The zero-order chi connectivity index (χ0) is 31.3. The molecule has 1 aliphatic carbocycles. The number of ether oxygens (including phenoxy) is 1. The molecule has 3 heterocycles. The number of benzene rings is 2. The number of carbonyl (C=O) groups excluding carboxylic acids is 2. The smallest absolute Gasteiger partial charge is 0.409 e. The summed E-state index contributed by atoms with van der Waals surface area (Å²) in [6, 6.07) is 12.3. The molecule has 3 aromatic rings. The average molecular weight is 636 g/mol. The lowest BCUT2D eigenvalue weighted by molar-refractivity contribution is -0.129. The molecule has 2 fully saturated rings. The molecule has 0 spiro atoms. The second-order valence-electron chi connectivity index (χ2n) is 11.0. The minimum Gasteiger partial charge on any atom is -0.447 e. The highest BCUT2D eigenvalue weighted by atomic mass is 35.5. The molecule has 2 amide bonds. The first-order valence-corrected chi connectivity index (χ1v) is 15.1. The lowest BCUT2D eigenvalue weighted by Gasteiger charge is -2.28. The molecule has 1 saturated heterocycles. The van der Waals surface area contributed by atoms with E-state index in [1.165, 1.54) is 30.3 Å². The maximum atomic E-state index is 15.5. The first-order chi connectivity index (χ1) is 21.1. The Hall–Kier alpha value is -4.35. The van der Waals surface area contributed by atoms with Crippen LogP contribution >= 0.6 is 22.9 Å². The van der Waals surface area contributed by atoms with E-state index in [-0.39, 0.29) is 23.7 Å². The van der Waals surface area contributed by atoms with Crippen LogP contribution in [0.2, 0.25) is 5.02 Å². The number of carbonyl (C=O) groups is 2. The largest absolute Gasteiger partial charge is 0.447 e. The zero-order valence-corrected chi connectivity index (χ0v) is 25.5. The van der Waals surface area contributed by atoms with Crippen LogP contribution in [0.25, 0.3) is 21.8 Å². The van der Waals surface area contributed by atoms with Gasteiger partial charge in [-0.2, -0.15) is 4.39 Å². The molecule has 2 aliphatic heterocycles. The van der Waals surface area contributed by atoms with Gasteiger partial charge in [-0.05, 0) is 47.6 Å². The van der Waals surface area contributed by atoms with Crippen LogP contribution in [0.5, 0.6) is 0 Å². The standard InChI is InChI=1S/C32H28ClF2N5O3S/c1-17-27(19-9-10-19)23(34)14-26(35)40-28(17)30(41)39(31(40)36)25(15-43-32(42)38(2)3)20-11-12-22(33)21(13-20)29-37-24(16-44-29)18-7-5-4-6-8-18/h4-8,11-14,16,19,25,28,36H,1,9-10,15H2,2-3H3/t25-,28-/m1/s1. The fourth-order valence-corrected chi connectivity index (χ4v) is 6.57. The number of nitrogens with zero attached hydrogens (tertiary/aromatic N) is 4. The van der Waals surface area contributed by atoms with E-state index in [0.717, 1.165) is 21.1 Å². The van der Waals surface area contributed by atoms with Crippen molar-refractivity contribution in [3.63, 3.8) is 0 Å². The van der Waals surface area contributed by atoms with Crippen LogP contribution in [0.1, 0.15) is 24.4 Å². The number of amides is 2. The van der Waals surface area contributed by atoms with E-state index < -0.39 is 41.8 Å². The molecule has 2 aromatic carbocycles. The van der Waals surface area contributed by atoms with E-state index in [0.29, 0.717) is 40.1 Å². The quantitative estimate of drug-likeness (QED) is 0.275. The van der Waals surface area contributed by atoms with Crippen LogP contribution in [0, 0.1) is 11.3 Å². The van der Waals surface area contributed by atoms with Crippen molar-refractivity contribution < 1.29 is 23.1 Å². The van der Waals surface area contributed by atoms with Gasteiger partial charge in [-0.1, -0.05) is 54.6 Å². The van der Waals surface area contributed by atoms with E-state index in [4.69, 9.17) is 26.7 Å². The number of guanidine groups is 1. The van der Waals surface area contributed by atoms with Crippen LogP contribution in [0.3, 0.4) is 0 Å². The Bertz CT molecular complexity index is 1750.